The number of nitrogens with two attached hydrogens (primary N) is 1. The molecule has 0 saturated carbocycles. The van der Waals surface area contributed by atoms with Crippen LogP contribution in [0.15, 0.2) is 17.0 Å². The third kappa shape index (κ3) is 2.58. The number of nitrogen functional groups attached to an aromatic ring is 1. The van der Waals surface area contributed by atoms with E-state index in [1.807, 2.05) is 0 Å². The smallest absolute Gasteiger partial charge is 0.249 e. The SMILES string of the molecule is N#CC1CN(S(=O)(=O)c2c(F)cc(N)cc2F)CCO1. The minimum Gasteiger partial charge on any atom is -0.399 e. The van der Waals surface area contributed by atoms with E-state index < -0.39 is 32.7 Å². The van der Waals surface area contributed by atoms with Crippen LogP contribution in [-0.2, 0) is 14.8 Å². The molecule has 108 valence electrons. The average molecular weight is 303 g/mol. The Hall–Kier alpha value is -1.76. The van der Waals surface area contributed by atoms with Crippen LogP contribution < -0.4 is 5.73 Å². The summed E-state index contributed by atoms with van der Waals surface area (Å²) < 4.78 is 57.7. The molecule has 2 N–H and O–H groups in total. The number of nitrogens with zero attached hydrogens (tertiary/aromatic N) is 2. The van der Waals surface area contributed by atoms with Gasteiger partial charge in [-0.15, -0.1) is 0 Å². The topological polar surface area (TPSA) is 96.4 Å². The first-order valence-corrected chi connectivity index (χ1v) is 7.06. The average Bonchev–Trinajstić information content (AvgIpc) is 2.37. The van der Waals surface area contributed by atoms with Gasteiger partial charge < -0.3 is 10.5 Å². The lowest BCUT2D eigenvalue weighted by molar-refractivity contribution is 0.0310. The number of benzene rings is 1. The lowest BCUT2D eigenvalue weighted by Crippen LogP contribution is -2.45. The quantitative estimate of drug-likeness (QED) is 0.801. The summed E-state index contributed by atoms with van der Waals surface area (Å²) in [6, 6.07) is 3.23. The van der Waals surface area contributed by atoms with E-state index in [0.717, 1.165) is 16.4 Å². The molecule has 1 heterocycles. The van der Waals surface area contributed by atoms with Crippen LogP contribution in [-0.4, -0.2) is 38.5 Å². The second-order valence-corrected chi connectivity index (χ2v) is 6.04. The van der Waals surface area contributed by atoms with E-state index in [2.05, 4.69) is 0 Å². The Morgan fingerprint density at radius 1 is 1.40 bits per heavy atom. The Morgan fingerprint density at radius 2 is 2.00 bits per heavy atom. The van der Waals surface area contributed by atoms with Crippen LogP contribution in [0.4, 0.5) is 14.5 Å². The Labute approximate surface area is 114 Å². The lowest BCUT2D eigenvalue weighted by atomic mass is 10.3. The van der Waals surface area contributed by atoms with Gasteiger partial charge >= 0.3 is 0 Å². The third-order valence-corrected chi connectivity index (χ3v) is 4.71. The number of halogens is 2. The number of sulfonamides is 1. The van der Waals surface area contributed by atoms with Crippen LogP contribution >= 0.6 is 0 Å². The van der Waals surface area contributed by atoms with E-state index in [0.29, 0.717) is 0 Å². The van der Waals surface area contributed by atoms with Gasteiger partial charge in [0.25, 0.3) is 0 Å². The van der Waals surface area contributed by atoms with Gasteiger partial charge in [-0.1, -0.05) is 0 Å². The molecule has 0 amide bonds. The zero-order chi connectivity index (χ0) is 14.9. The van der Waals surface area contributed by atoms with Crippen molar-refractivity contribution in [1.29, 1.82) is 5.26 Å². The first-order valence-electron chi connectivity index (χ1n) is 5.62. The van der Waals surface area contributed by atoms with Gasteiger partial charge in [-0.3, -0.25) is 0 Å². The summed E-state index contributed by atoms with van der Waals surface area (Å²) in [7, 11) is -4.39. The minimum absolute atomic E-state index is 0.0182. The molecule has 0 radical (unpaired) electrons. The number of ether oxygens (including phenoxy) is 1. The summed E-state index contributed by atoms with van der Waals surface area (Å²) >= 11 is 0. The van der Waals surface area contributed by atoms with Crippen molar-refractivity contribution in [3.05, 3.63) is 23.8 Å². The lowest BCUT2D eigenvalue weighted by Gasteiger charge is -2.29. The maximum Gasteiger partial charge on any atom is 0.249 e. The van der Waals surface area contributed by atoms with Gasteiger partial charge in [-0.05, 0) is 12.1 Å². The molecule has 0 bridgehead atoms. The van der Waals surface area contributed by atoms with Crippen LogP contribution in [0.1, 0.15) is 0 Å². The number of hydrogen-bond acceptors (Lipinski definition) is 5. The summed E-state index contributed by atoms with van der Waals surface area (Å²) in [5.74, 6) is -2.52. The zero-order valence-corrected chi connectivity index (χ0v) is 11.0. The maximum atomic E-state index is 13.7. The van der Waals surface area contributed by atoms with Crippen molar-refractivity contribution < 1.29 is 21.9 Å². The molecule has 0 aliphatic carbocycles. The molecule has 1 saturated heterocycles. The van der Waals surface area contributed by atoms with Gasteiger partial charge in [0, 0.05) is 12.2 Å². The highest BCUT2D eigenvalue weighted by molar-refractivity contribution is 7.89. The molecule has 1 aliphatic heterocycles. The van der Waals surface area contributed by atoms with Crippen LogP contribution in [0.5, 0.6) is 0 Å². The van der Waals surface area contributed by atoms with E-state index >= 15 is 0 Å². The standard InChI is InChI=1S/C11H11F2N3O3S/c12-9-3-7(15)4-10(13)11(9)20(17,18)16-1-2-19-8(5-14)6-16/h3-4,8H,1-2,6,15H2. The third-order valence-electron chi connectivity index (χ3n) is 2.79. The number of rotatable bonds is 2. The maximum absolute atomic E-state index is 13.7. The zero-order valence-electron chi connectivity index (χ0n) is 10.2. The minimum atomic E-state index is -4.39. The molecule has 1 aromatic carbocycles. The van der Waals surface area contributed by atoms with Crippen LogP contribution in [0.3, 0.4) is 0 Å². The molecule has 2 rings (SSSR count). The first-order chi connectivity index (χ1) is 9.36. The van der Waals surface area contributed by atoms with Gasteiger partial charge in [0.05, 0.1) is 19.2 Å². The van der Waals surface area contributed by atoms with Gasteiger partial charge in [-0.25, -0.2) is 17.2 Å². The molecule has 1 unspecified atom stereocenters. The second kappa shape index (κ2) is 5.32. The van der Waals surface area contributed by atoms with Crippen LogP contribution in [0.2, 0.25) is 0 Å². The van der Waals surface area contributed by atoms with Gasteiger partial charge in [0.1, 0.15) is 11.6 Å². The van der Waals surface area contributed by atoms with Crippen molar-refractivity contribution in [1.82, 2.24) is 4.31 Å². The summed E-state index contributed by atoms with van der Waals surface area (Å²) in [5.41, 5.74) is 5.03. The summed E-state index contributed by atoms with van der Waals surface area (Å²) in [6.07, 6.45) is -0.960. The van der Waals surface area contributed by atoms with Gasteiger partial charge in [0.2, 0.25) is 10.0 Å². The molecule has 6 nitrogen and oxygen atoms in total. The van der Waals surface area contributed by atoms with E-state index in [-0.39, 0.29) is 25.4 Å². The Bertz CT molecular complexity index is 649. The molecule has 1 fully saturated rings. The van der Waals surface area contributed by atoms with Crippen LogP contribution in [0.25, 0.3) is 0 Å². The van der Waals surface area contributed by atoms with E-state index in [1.165, 1.54) is 0 Å². The van der Waals surface area contributed by atoms with Crippen molar-refractivity contribution in [2.45, 2.75) is 11.0 Å². The van der Waals surface area contributed by atoms with E-state index in [9.17, 15) is 17.2 Å². The monoisotopic (exact) mass is 303 g/mol. The highest BCUT2D eigenvalue weighted by Crippen LogP contribution is 2.26. The predicted molar refractivity (Wildman–Crippen MR) is 64.9 cm³/mol. The Morgan fingerprint density at radius 3 is 2.55 bits per heavy atom. The fraction of sp³-hybridized carbons (Fsp3) is 0.364. The predicted octanol–water partition coefficient (Wildman–Crippen LogP) is 0.460. The van der Waals surface area contributed by atoms with E-state index in [4.69, 9.17) is 15.7 Å². The Balaban J connectivity index is 2.43. The number of nitriles is 1. The van der Waals surface area contributed by atoms with Crippen molar-refractivity contribution in [3.63, 3.8) is 0 Å². The van der Waals surface area contributed by atoms with E-state index in [1.54, 1.807) is 6.07 Å². The number of hydrogen-bond donors (Lipinski definition) is 1. The highest BCUT2D eigenvalue weighted by atomic mass is 32.2. The fourth-order valence-electron chi connectivity index (χ4n) is 1.88. The molecule has 9 heteroatoms. The Kier molecular flexibility index (Phi) is 3.89. The second-order valence-electron chi connectivity index (χ2n) is 4.17. The summed E-state index contributed by atoms with van der Waals surface area (Å²) in [6.45, 7) is -0.373. The molecular weight excluding hydrogens is 292 g/mol. The molecule has 1 aromatic rings. The van der Waals surface area contributed by atoms with Crippen molar-refractivity contribution in [2.24, 2.45) is 0 Å². The molecular formula is C11H11F2N3O3S. The van der Waals surface area contributed by atoms with Crippen molar-refractivity contribution in [3.8, 4) is 6.07 Å². The number of anilines is 1. The molecule has 1 aliphatic rings. The molecule has 20 heavy (non-hydrogen) atoms. The normalized spacial score (nSPS) is 20.6. The van der Waals surface area contributed by atoms with Gasteiger partial charge in [0.15, 0.2) is 11.0 Å². The van der Waals surface area contributed by atoms with Crippen molar-refractivity contribution in [2.75, 3.05) is 25.4 Å². The van der Waals surface area contributed by atoms with Crippen molar-refractivity contribution >= 4 is 15.7 Å². The first kappa shape index (κ1) is 14.6. The van der Waals surface area contributed by atoms with Crippen LogP contribution in [0, 0.1) is 23.0 Å². The highest BCUT2D eigenvalue weighted by Gasteiger charge is 2.35. The summed E-state index contributed by atoms with van der Waals surface area (Å²) in [4.78, 5) is -1.06. The molecule has 1 atom stereocenters. The van der Waals surface area contributed by atoms with Gasteiger partial charge in [-0.2, -0.15) is 9.57 Å². The summed E-state index contributed by atoms with van der Waals surface area (Å²) in [5, 5.41) is 8.73. The number of morpholine rings is 1. The molecule has 0 spiro atoms. The fourth-order valence-corrected chi connectivity index (χ4v) is 3.39. The molecule has 0 aromatic heterocycles. The largest absolute Gasteiger partial charge is 0.399 e.